The fourth-order valence-corrected chi connectivity index (χ4v) is 5.94. The van der Waals surface area contributed by atoms with Crippen LogP contribution in [0.15, 0.2) is 85.2 Å². The molecule has 1 N–H and O–H groups in total. The van der Waals surface area contributed by atoms with Crippen LogP contribution in [-0.4, -0.2) is 36.1 Å². The predicted molar refractivity (Wildman–Crippen MR) is 150 cm³/mol. The maximum atomic E-state index is 12.8. The monoisotopic (exact) mass is 550 g/mol. The lowest BCUT2D eigenvalue weighted by Crippen LogP contribution is -2.43. The second-order valence-corrected chi connectivity index (χ2v) is 11.1. The molecule has 4 aromatic rings. The van der Waals surface area contributed by atoms with Crippen molar-refractivity contribution in [1.29, 1.82) is 0 Å². The smallest absolute Gasteiger partial charge is 0.328 e. The zero-order chi connectivity index (χ0) is 25.9. The third-order valence-electron chi connectivity index (χ3n) is 5.45. The molecule has 2 heterocycles. The normalized spacial score (nSPS) is 11.5. The van der Waals surface area contributed by atoms with Crippen LogP contribution in [0.3, 0.4) is 0 Å². The Morgan fingerprint density at radius 2 is 1.73 bits per heavy atom. The minimum Gasteiger partial charge on any atom is -0.494 e. The predicted octanol–water partition coefficient (Wildman–Crippen LogP) is 6.34. The highest BCUT2D eigenvalue weighted by molar-refractivity contribution is 7.80. The van der Waals surface area contributed by atoms with E-state index in [1.165, 1.54) is 6.20 Å². The number of carbonyl (C=O) groups excluding carboxylic acids is 2. The molecule has 0 bridgehead atoms. The number of esters is 1. The van der Waals surface area contributed by atoms with Gasteiger partial charge in [-0.25, -0.2) is 4.79 Å². The zero-order valence-electron chi connectivity index (χ0n) is 20.0. The summed E-state index contributed by atoms with van der Waals surface area (Å²) in [6.07, 6.45) is 4.77. The van der Waals surface area contributed by atoms with Gasteiger partial charge in [0.1, 0.15) is 15.6 Å². The third kappa shape index (κ3) is 8.31. The Kier molecular flexibility index (Phi) is 9.93. The van der Waals surface area contributed by atoms with Crippen molar-refractivity contribution in [2.45, 2.75) is 25.3 Å². The molecule has 1 unspecified atom stereocenters. The van der Waals surface area contributed by atoms with Gasteiger partial charge in [0.15, 0.2) is 0 Å². The third-order valence-corrected chi connectivity index (χ3v) is 8.36. The molecular formula is C28H26N2O4S3. The summed E-state index contributed by atoms with van der Waals surface area (Å²) in [6, 6.07) is 22.0. The van der Waals surface area contributed by atoms with Crippen molar-refractivity contribution in [3.05, 3.63) is 100 Å². The zero-order valence-corrected chi connectivity index (χ0v) is 22.5. The number of nitrogens with zero attached hydrogens (tertiary/aromatic N) is 1. The van der Waals surface area contributed by atoms with Gasteiger partial charge in [-0.2, -0.15) is 0 Å². The molecule has 0 fully saturated rings. The first kappa shape index (κ1) is 26.7. The van der Waals surface area contributed by atoms with Crippen LogP contribution in [0.5, 0.6) is 5.75 Å². The Morgan fingerprint density at radius 3 is 2.43 bits per heavy atom. The van der Waals surface area contributed by atoms with Crippen molar-refractivity contribution < 1.29 is 19.1 Å². The molecule has 2 aromatic heterocycles. The Morgan fingerprint density at radius 1 is 0.946 bits per heavy atom. The average Bonchev–Trinajstić information content (AvgIpc) is 3.37. The van der Waals surface area contributed by atoms with Crippen molar-refractivity contribution in [2.75, 3.05) is 13.2 Å². The summed E-state index contributed by atoms with van der Waals surface area (Å²) in [7, 11) is 3.27. The molecule has 1 amide bonds. The Balaban J connectivity index is 1.22. The molecule has 1 atom stereocenters. The van der Waals surface area contributed by atoms with Crippen LogP contribution in [0.2, 0.25) is 0 Å². The van der Waals surface area contributed by atoms with Gasteiger partial charge in [-0.3, -0.25) is 9.78 Å². The Bertz CT molecular complexity index is 1340. The number of benzene rings is 2. The van der Waals surface area contributed by atoms with E-state index in [0.29, 0.717) is 25.0 Å². The fraction of sp³-hybridized carbons (Fsp3) is 0.214. The topological polar surface area (TPSA) is 77.5 Å². The molecular weight excluding hydrogens is 525 g/mol. The molecule has 0 aliphatic carbocycles. The van der Waals surface area contributed by atoms with Crippen LogP contribution in [0.25, 0.3) is 10.4 Å². The summed E-state index contributed by atoms with van der Waals surface area (Å²) in [5, 5.41) is 2.79. The molecule has 0 aliphatic rings. The van der Waals surface area contributed by atoms with Crippen LogP contribution in [0.4, 0.5) is 0 Å². The SMILES string of the molecule is O=C(NC(Cc1ccccc1)C(=O)OCCCCOc1ccc(-c2cc(=S)ss2)cc1)c1cccnc1. The number of pyridine rings is 1. The fourth-order valence-electron chi connectivity index (χ4n) is 3.54. The van der Waals surface area contributed by atoms with E-state index in [9.17, 15) is 9.59 Å². The van der Waals surface area contributed by atoms with Gasteiger partial charge in [-0.15, -0.1) is 0 Å². The van der Waals surface area contributed by atoms with Crippen LogP contribution < -0.4 is 10.1 Å². The average molecular weight is 551 g/mol. The van der Waals surface area contributed by atoms with Crippen LogP contribution in [0.1, 0.15) is 28.8 Å². The van der Waals surface area contributed by atoms with Gasteiger partial charge in [0.2, 0.25) is 0 Å². The standard InChI is InChI=1S/C28H26N2O4S3/c31-27(22-9-6-14-29-19-22)30-24(17-20-7-2-1-3-8-20)28(32)34-16-5-4-15-33-23-12-10-21(11-13-23)25-18-26(35)37-36-25/h1-3,6-14,18-19,24H,4-5,15-17H2,(H,30,31). The van der Waals surface area contributed by atoms with Gasteiger partial charge in [0.25, 0.3) is 5.91 Å². The molecule has 0 saturated carbocycles. The summed E-state index contributed by atoms with van der Waals surface area (Å²) in [4.78, 5) is 30.6. The van der Waals surface area contributed by atoms with E-state index in [-0.39, 0.29) is 12.5 Å². The van der Waals surface area contributed by atoms with Crippen molar-refractivity contribution in [3.8, 4) is 16.2 Å². The van der Waals surface area contributed by atoms with E-state index in [2.05, 4.69) is 10.3 Å². The Labute approximate surface area is 228 Å². The van der Waals surface area contributed by atoms with Crippen LogP contribution in [-0.2, 0) is 16.0 Å². The lowest BCUT2D eigenvalue weighted by atomic mass is 10.1. The van der Waals surface area contributed by atoms with Gasteiger partial charge in [0, 0.05) is 23.7 Å². The molecule has 0 saturated heterocycles. The maximum absolute atomic E-state index is 12.8. The molecule has 2 aromatic carbocycles. The first-order chi connectivity index (χ1) is 18.1. The molecule has 0 radical (unpaired) electrons. The molecule has 37 heavy (non-hydrogen) atoms. The summed E-state index contributed by atoms with van der Waals surface area (Å²) in [6.45, 7) is 0.762. The molecule has 0 aliphatic heterocycles. The van der Waals surface area contributed by atoms with Crippen molar-refractivity contribution in [2.24, 2.45) is 0 Å². The minimum absolute atomic E-state index is 0.248. The number of hydrogen-bond donors (Lipinski definition) is 1. The van der Waals surface area contributed by atoms with E-state index in [1.807, 2.05) is 60.7 Å². The number of ether oxygens (including phenoxy) is 2. The highest BCUT2D eigenvalue weighted by Crippen LogP contribution is 2.30. The largest absolute Gasteiger partial charge is 0.494 e. The van der Waals surface area contributed by atoms with Gasteiger partial charge in [0.05, 0.1) is 18.8 Å². The summed E-state index contributed by atoms with van der Waals surface area (Å²) >= 11 is 5.20. The number of unbranched alkanes of at least 4 members (excludes halogenated alkanes) is 1. The summed E-state index contributed by atoms with van der Waals surface area (Å²) in [5.41, 5.74) is 2.44. The first-order valence-electron chi connectivity index (χ1n) is 11.8. The van der Waals surface area contributed by atoms with E-state index in [0.717, 1.165) is 32.0 Å². The Hall–Kier alpha value is -3.40. The van der Waals surface area contributed by atoms with E-state index >= 15 is 0 Å². The van der Waals surface area contributed by atoms with Gasteiger partial charge in [-0.1, -0.05) is 63.2 Å². The van der Waals surface area contributed by atoms with Gasteiger partial charge >= 0.3 is 5.97 Å². The lowest BCUT2D eigenvalue weighted by Gasteiger charge is -2.18. The molecule has 190 valence electrons. The summed E-state index contributed by atoms with van der Waals surface area (Å²) in [5.74, 6) is -0.0374. The van der Waals surface area contributed by atoms with E-state index in [1.54, 1.807) is 39.0 Å². The highest BCUT2D eigenvalue weighted by atomic mass is 32.9. The molecule has 6 nitrogen and oxygen atoms in total. The van der Waals surface area contributed by atoms with Crippen LogP contribution in [0, 0.1) is 3.82 Å². The molecule has 4 rings (SSSR count). The lowest BCUT2D eigenvalue weighted by molar-refractivity contribution is -0.146. The number of aromatic nitrogens is 1. The number of rotatable bonds is 12. The number of carbonyl (C=O) groups is 2. The van der Waals surface area contributed by atoms with E-state index < -0.39 is 12.0 Å². The minimum atomic E-state index is -0.800. The second kappa shape index (κ2) is 13.8. The first-order valence-corrected chi connectivity index (χ1v) is 14.4. The number of hydrogen-bond acceptors (Lipinski definition) is 8. The van der Waals surface area contributed by atoms with Gasteiger partial charge < -0.3 is 14.8 Å². The highest BCUT2D eigenvalue weighted by Gasteiger charge is 2.23. The number of amides is 1. The van der Waals surface area contributed by atoms with Crippen LogP contribution >= 0.6 is 32.9 Å². The van der Waals surface area contributed by atoms with Crippen molar-refractivity contribution in [1.82, 2.24) is 10.3 Å². The van der Waals surface area contributed by atoms with Crippen molar-refractivity contribution >= 4 is 44.8 Å². The van der Waals surface area contributed by atoms with Crippen molar-refractivity contribution in [3.63, 3.8) is 0 Å². The molecule has 9 heteroatoms. The number of nitrogens with one attached hydrogen (secondary N) is 1. The molecule has 0 spiro atoms. The van der Waals surface area contributed by atoms with E-state index in [4.69, 9.17) is 21.7 Å². The summed E-state index contributed by atoms with van der Waals surface area (Å²) < 4.78 is 12.2. The second-order valence-electron chi connectivity index (χ2n) is 8.20. The quantitative estimate of drug-likeness (QED) is 0.0959. The van der Waals surface area contributed by atoms with Gasteiger partial charge in [-0.05, 0) is 66.4 Å². The maximum Gasteiger partial charge on any atom is 0.328 e.